The van der Waals surface area contributed by atoms with Crippen LogP contribution in [0.1, 0.15) is 25.7 Å². The summed E-state index contributed by atoms with van der Waals surface area (Å²) in [7, 11) is 1.25. The van der Waals surface area contributed by atoms with Crippen molar-refractivity contribution in [3.8, 4) is 0 Å². The SMILES string of the molecule is C=CC(=O)OOC.O=C1CCCCCO1. The van der Waals surface area contributed by atoms with Crippen LogP contribution in [0.2, 0.25) is 0 Å². The Morgan fingerprint density at radius 2 is 2.20 bits per heavy atom. The third-order valence-electron chi connectivity index (χ3n) is 1.62. The van der Waals surface area contributed by atoms with E-state index < -0.39 is 5.97 Å². The summed E-state index contributed by atoms with van der Waals surface area (Å²) in [5.74, 6) is -0.606. The van der Waals surface area contributed by atoms with Crippen LogP contribution >= 0.6 is 0 Å². The van der Waals surface area contributed by atoms with Crippen LogP contribution in [0, 0.1) is 0 Å². The van der Waals surface area contributed by atoms with Gasteiger partial charge in [-0.3, -0.25) is 9.68 Å². The lowest BCUT2D eigenvalue weighted by Crippen LogP contribution is -2.00. The third-order valence-corrected chi connectivity index (χ3v) is 1.62. The van der Waals surface area contributed by atoms with E-state index in [9.17, 15) is 9.59 Å². The van der Waals surface area contributed by atoms with Gasteiger partial charge in [0, 0.05) is 12.5 Å². The maximum Gasteiger partial charge on any atom is 0.365 e. The van der Waals surface area contributed by atoms with Crippen LogP contribution in [0.5, 0.6) is 0 Å². The molecule has 5 nitrogen and oxygen atoms in total. The Hall–Kier alpha value is -1.36. The first-order valence-electron chi connectivity index (χ1n) is 4.73. The molecule has 0 N–H and O–H groups in total. The molecule has 1 rings (SSSR count). The van der Waals surface area contributed by atoms with Crippen molar-refractivity contribution in [3.63, 3.8) is 0 Å². The van der Waals surface area contributed by atoms with Gasteiger partial charge in [-0.2, -0.15) is 4.89 Å². The highest BCUT2D eigenvalue weighted by atomic mass is 17.2. The van der Waals surface area contributed by atoms with E-state index in [1.807, 2.05) is 0 Å². The minimum atomic E-state index is -0.581. The van der Waals surface area contributed by atoms with Crippen molar-refractivity contribution < 1.29 is 24.1 Å². The van der Waals surface area contributed by atoms with Crippen molar-refractivity contribution in [1.29, 1.82) is 0 Å². The average molecular weight is 216 g/mol. The van der Waals surface area contributed by atoms with Crippen LogP contribution in [0.15, 0.2) is 12.7 Å². The van der Waals surface area contributed by atoms with E-state index in [1.165, 1.54) is 7.11 Å². The average Bonchev–Trinajstić information content (AvgIpc) is 2.47. The van der Waals surface area contributed by atoms with Crippen molar-refractivity contribution in [2.75, 3.05) is 13.7 Å². The topological polar surface area (TPSA) is 61.8 Å². The molecule has 86 valence electrons. The van der Waals surface area contributed by atoms with E-state index in [0.29, 0.717) is 13.0 Å². The van der Waals surface area contributed by atoms with Gasteiger partial charge in [0.15, 0.2) is 0 Å². The number of cyclic esters (lactones) is 1. The van der Waals surface area contributed by atoms with Gasteiger partial charge < -0.3 is 4.74 Å². The van der Waals surface area contributed by atoms with Gasteiger partial charge in [0.25, 0.3) is 0 Å². The highest BCUT2D eigenvalue weighted by Crippen LogP contribution is 2.06. The summed E-state index contributed by atoms with van der Waals surface area (Å²) in [6, 6.07) is 0. The molecule has 0 atom stereocenters. The molecular weight excluding hydrogens is 200 g/mol. The molecule has 5 heteroatoms. The Morgan fingerprint density at radius 1 is 1.47 bits per heavy atom. The Labute approximate surface area is 88.9 Å². The summed E-state index contributed by atoms with van der Waals surface area (Å²) in [4.78, 5) is 28.3. The fourth-order valence-electron chi connectivity index (χ4n) is 0.923. The van der Waals surface area contributed by atoms with E-state index >= 15 is 0 Å². The van der Waals surface area contributed by atoms with Crippen molar-refractivity contribution in [2.24, 2.45) is 0 Å². The zero-order valence-corrected chi connectivity index (χ0v) is 8.86. The van der Waals surface area contributed by atoms with Crippen molar-refractivity contribution in [1.82, 2.24) is 0 Å². The number of esters is 1. The zero-order chi connectivity index (χ0) is 11.5. The molecule has 0 spiro atoms. The van der Waals surface area contributed by atoms with Crippen molar-refractivity contribution in [2.45, 2.75) is 25.7 Å². The quantitative estimate of drug-likeness (QED) is 0.302. The third kappa shape index (κ3) is 8.96. The Morgan fingerprint density at radius 3 is 2.73 bits per heavy atom. The van der Waals surface area contributed by atoms with E-state index in [1.54, 1.807) is 0 Å². The number of hydrogen-bond donors (Lipinski definition) is 0. The molecule has 0 bridgehead atoms. The molecule has 1 fully saturated rings. The first-order chi connectivity index (χ1) is 7.20. The number of ether oxygens (including phenoxy) is 1. The highest BCUT2D eigenvalue weighted by molar-refractivity contribution is 5.80. The van der Waals surface area contributed by atoms with Crippen LogP contribution in [-0.2, 0) is 24.1 Å². The summed E-state index contributed by atoms with van der Waals surface area (Å²) in [5.41, 5.74) is 0. The number of carbonyl (C=O) groups is 2. The van der Waals surface area contributed by atoms with Crippen molar-refractivity contribution in [3.05, 3.63) is 12.7 Å². The van der Waals surface area contributed by atoms with Crippen LogP contribution in [-0.4, -0.2) is 25.7 Å². The molecule has 1 aliphatic rings. The fraction of sp³-hybridized carbons (Fsp3) is 0.600. The van der Waals surface area contributed by atoms with E-state index in [4.69, 9.17) is 4.74 Å². The number of rotatable bonds is 2. The van der Waals surface area contributed by atoms with Gasteiger partial charge in [0.2, 0.25) is 0 Å². The van der Waals surface area contributed by atoms with Gasteiger partial charge in [-0.05, 0) is 19.3 Å². The van der Waals surface area contributed by atoms with E-state index in [0.717, 1.165) is 25.3 Å². The Kier molecular flexibility index (Phi) is 8.37. The number of hydrogen-bond acceptors (Lipinski definition) is 5. The molecule has 0 aromatic carbocycles. The maximum atomic E-state index is 10.5. The minimum Gasteiger partial charge on any atom is -0.466 e. The molecule has 0 saturated carbocycles. The van der Waals surface area contributed by atoms with Gasteiger partial charge in [-0.15, -0.1) is 0 Å². The highest BCUT2D eigenvalue weighted by Gasteiger charge is 2.05. The molecule has 0 aromatic heterocycles. The maximum absolute atomic E-state index is 10.5. The summed E-state index contributed by atoms with van der Waals surface area (Å²) in [5, 5.41) is 0. The van der Waals surface area contributed by atoms with Gasteiger partial charge in [0.05, 0.1) is 13.7 Å². The van der Waals surface area contributed by atoms with Crippen LogP contribution in [0.25, 0.3) is 0 Å². The largest absolute Gasteiger partial charge is 0.466 e. The molecule has 1 aliphatic heterocycles. The standard InChI is InChI=1S/C6H10O2.C4H6O3/c7-6-4-2-1-3-5-8-6;1-3-4(5)7-6-2/h1-5H2;3H,1H2,2H3. The first-order valence-corrected chi connectivity index (χ1v) is 4.73. The Balaban J connectivity index is 0.000000265. The molecular formula is C10H16O5. The smallest absolute Gasteiger partial charge is 0.365 e. The van der Waals surface area contributed by atoms with Gasteiger partial charge >= 0.3 is 11.9 Å². The minimum absolute atomic E-state index is 0.0255. The second kappa shape index (κ2) is 9.21. The summed E-state index contributed by atoms with van der Waals surface area (Å²) < 4.78 is 4.76. The number of carbonyl (C=O) groups excluding carboxylic acids is 2. The normalized spacial score (nSPS) is 15.1. The summed E-state index contributed by atoms with van der Waals surface area (Å²) in [6.07, 6.45) is 4.85. The molecule has 0 aliphatic carbocycles. The van der Waals surface area contributed by atoms with Gasteiger partial charge in [-0.1, -0.05) is 6.58 Å². The molecule has 15 heavy (non-hydrogen) atoms. The predicted molar refractivity (Wildman–Crippen MR) is 52.7 cm³/mol. The van der Waals surface area contributed by atoms with Crippen molar-refractivity contribution >= 4 is 11.9 Å². The lowest BCUT2D eigenvalue weighted by Gasteiger charge is -1.93. The fourth-order valence-corrected chi connectivity index (χ4v) is 0.923. The Bertz CT molecular complexity index is 202. The molecule has 1 heterocycles. The lowest BCUT2D eigenvalue weighted by atomic mass is 10.2. The van der Waals surface area contributed by atoms with Gasteiger partial charge in [0.1, 0.15) is 0 Å². The molecule has 0 amide bonds. The molecule has 0 radical (unpaired) electrons. The summed E-state index contributed by atoms with van der Waals surface area (Å²) >= 11 is 0. The monoisotopic (exact) mass is 216 g/mol. The first kappa shape index (κ1) is 13.6. The predicted octanol–water partition coefficient (Wildman–Crippen LogP) is 1.38. The zero-order valence-electron chi connectivity index (χ0n) is 8.86. The van der Waals surface area contributed by atoms with Gasteiger partial charge in [-0.25, -0.2) is 4.79 Å². The molecule has 0 unspecified atom stereocenters. The van der Waals surface area contributed by atoms with Crippen LogP contribution in [0.4, 0.5) is 0 Å². The molecule has 1 saturated heterocycles. The van der Waals surface area contributed by atoms with E-state index in [-0.39, 0.29) is 5.97 Å². The lowest BCUT2D eigenvalue weighted by molar-refractivity contribution is -0.249. The molecule has 0 aromatic rings. The van der Waals surface area contributed by atoms with Crippen LogP contribution in [0.3, 0.4) is 0 Å². The van der Waals surface area contributed by atoms with Crippen LogP contribution < -0.4 is 0 Å². The second-order valence-electron chi connectivity index (χ2n) is 2.80. The second-order valence-corrected chi connectivity index (χ2v) is 2.80. The van der Waals surface area contributed by atoms with E-state index in [2.05, 4.69) is 16.4 Å². The summed E-state index contributed by atoms with van der Waals surface area (Å²) in [6.45, 7) is 3.76.